The third kappa shape index (κ3) is 6.62. The fraction of sp³-hybridized carbons (Fsp3) is 0.600. The van der Waals surface area contributed by atoms with Gasteiger partial charge in [-0.15, -0.1) is 11.6 Å². The number of nitrogens with one attached hydrogen (secondary N) is 1. The van der Waals surface area contributed by atoms with Crippen molar-refractivity contribution in [2.24, 2.45) is 5.92 Å². The summed E-state index contributed by atoms with van der Waals surface area (Å²) in [5.74, 6) is 0.342. The fourth-order valence-corrected chi connectivity index (χ4v) is 3.64. The second kappa shape index (κ2) is 8.53. The minimum atomic E-state index is -3.31. The highest BCUT2D eigenvalue weighted by molar-refractivity contribution is 7.92. The molecule has 0 amide bonds. The first-order valence-corrected chi connectivity index (χ1v) is 9.31. The van der Waals surface area contributed by atoms with E-state index >= 15 is 0 Å². The molecule has 0 saturated carbocycles. The Hall–Kier alpha value is -0.740. The van der Waals surface area contributed by atoms with Gasteiger partial charge in [-0.3, -0.25) is 4.72 Å². The zero-order valence-electron chi connectivity index (χ0n) is 12.2. The van der Waals surface area contributed by atoms with Gasteiger partial charge in [0, 0.05) is 11.6 Å². The molecule has 0 spiro atoms. The second-order valence-electron chi connectivity index (χ2n) is 5.30. The maximum Gasteiger partial charge on any atom is 0.233 e. The van der Waals surface area contributed by atoms with E-state index in [9.17, 15) is 8.42 Å². The van der Waals surface area contributed by atoms with Gasteiger partial charge in [0.05, 0.1) is 5.75 Å². The van der Waals surface area contributed by atoms with Gasteiger partial charge in [0.2, 0.25) is 10.0 Å². The molecule has 0 radical (unpaired) electrons. The predicted octanol–water partition coefficient (Wildman–Crippen LogP) is 4.04. The van der Waals surface area contributed by atoms with Gasteiger partial charge in [0.25, 0.3) is 0 Å². The van der Waals surface area contributed by atoms with Gasteiger partial charge in [-0.05, 0) is 36.5 Å². The van der Waals surface area contributed by atoms with Gasteiger partial charge in [-0.25, -0.2) is 8.42 Å². The molecule has 1 aromatic carbocycles. The summed E-state index contributed by atoms with van der Waals surface area (Å²) in [5.41, 5.74) is 1.86. The molecule has 0 fully saturated rings. The lowest BCUT2D eigenvalue weighted by Crippen LogP contribution is -2.22. The number of aryl methyl sites for hydroxylation is 1. The standard InChI is InChI=1S/C15H24ClNO2S/c1-3-4-5-6-14-7-9-15(10-8-14)17-20(18,19)12-13(2)11-16/h7-10,13,17H,3-6,11-12H2,1-2H3. The largest absolute Gasteiger partial charge is 0.284 e. The first kappa shape index (κ1) is 17.3. The first-order chi connectivity index (χ1) is 9.46. The SMILES string of the molecule is CCCCCc1ccc(NS(=O)(=O)CC(C)CCl)cc1. The number of hydrogen-bond acceptors (Lipinski definition) is 2. The summed E-state index contributed by atoms with van der Waals surface area (Å²) in [7, 11) is -3.31. The Kier molecular flexibility index (Phi) is 7.38. The summed E-state index contributed by atoms with van der Waals surface area (Å²) >= 11 is 5.65. The van der Waals surface area contributed by atoms with Gasteiger partial charge in [-0.2, -0.15) is 0 Å². The predicted molar refractivity (Wildman–Crippen MR) is 87.0 cm³/mol. The van der Waals surface area contributed by atoms with Crippen molar-refractivity contribution in [2.75, 3.05) is 16.4 Å². The van der Waals surface area contributed by atoms with Crippen LogP contribution in [-0.4, -0.2) is 20.1 Å². The van der Waals surface area contributed by atoms with Crippen molar-refractivity contribution in [3.8, 4) is 0 Å². The maximum atomic E-state index is 11.9. The Labute approximate surface area is 127 Å². The van der Waals surface area contributed by atoms with Crippen molar-refractivity contribution < 1.29 is 8.42 Å². The fourth-order valence-electron chi connectivity index (χ4n) is 1.96. The minimum Gasteiger partial charge on any atom is -0.284 e. The molecule has 5 heteroatoms. The Balaban J connectivity index is 2.56. The number of rotatable bonds is 9. The van der Waals surface area contributed by atoms with Gasteiger partial charge >= 0.3 is 0 Å². The van der Waals surface area contributed by atoms with Crippen LogP contribution in [0.1, 0.15) is 38.7 Å². The molecule has 1 N–H and O–H groups in total. The molecule has 1 aromatic rings. The monoisotopic (exact) mass is 317 g/mol. The average molecular weight is 318 g/mol. The second-order valence-corrected chi connectivity index (χ2v) is 7.37. The van der Waals surface area contributed by atoms with Gasteiger partial charge < -0.3 is 0 Å². The van der Waals surface area contributed by atoms with Crippen LogP contribution >= 0.6 is 11.6 Å². The van der Waals surface area contributed by atoms with Crippen LogP contribution in [0.15, 0.2) is 24.3 Å². The Morgan fingerprint density at radius 1 is 1.20 bits per heavy atom. The van der Waals surface area contributed by atoms with Crippen LogP contribution in [0.5, 0.6) is 0 Å². The van der Waals surface area contributed by atoms with Crippen LogP contribution in [0.25, 0.3) is 0 Å². The summed E-state index contributed by atoms with van der Waals surface area (Å²) in [5, 5.41) is 0. The molecule has 0 aliphatic heterocycles. The van der Waals surface area contributed by atoms with E-state index in [2.05, 4.69) is 11.6 Å². The Morgan fingerprint density at radius 3 is 2.40 bits per heavy atom. The van der Waals surface area contributed by atoms with Crippen LogP contribution in [0.4, 0.5) is 5.69 Å². The topological polar surface area (TPSA) is 46.2 Å². The van der Waals surface area contributed by atoms with E-state index in [-0.39, 0.29) is 11.7 Å². The first-order valence-electron chi connectivity index (χ1n) is 7.12. The van der Waals surface area contributed by atoms with E-state index in [1.54, 1.807) is 0 Å². The number of hydrogen-bond donors (Lipinski definition) is 1. The van der Waals surface area contributed by atoms with Crippen LogP contribution in [0.2, 0.25) is 0 Å². The summed E-state index contributed by atoms with van der Waals surface area (Å²) in [4.78, 5) is 0. The molecule has 0 aliphatic carbocycles. The Morgan fingerprint density at radius 2 is 1.85 bits per heavy atom. The molecule has 0 aromatic heterocycles. The number of anilines is 1. The van der Waals surface area contributed by atoms with Gasteiger partial charge in [0.1, 0.15) is 0 Å². The van der Waals surface area contributed by atoms with Crippen molar-refractivity contribution in [2.45, 2.75) is 39.5 Å². The number of halogens is 1. The molecule has 114 valence electrons. The van der Waals surface area contributed by atoms with E-state index in [0.717, 1.165) is 6.42 Å². The zero-order chi connectivity index (χ0) is 15.0. The smallest absolute Gasteiger partial charge is 0.233 e. The molecule has 0 saturated heterocycles. The maximum absolute atomic E-state index is 11.9. The quantitative estimate of drug-likeness (QED) is 0.552. The van der Waals surface area contributed by atoms with E-state index in [4.69, 9.17) is 11.6 Å². The Bertz CT molecular complexity index is 485. The summed E-state index contributed by atoms with van der Waals surface area (Å²) in [6, 6.07) is 7.62. The number of benzene rings is 1. The van der Waals surface area contributed by atoms with Crippen LogP contribution in [0.3, 0.4) is 0 Å². The molecular weight excluding hydrogens is 294 g/mol. The van der Waals surface area contributed by atoms with Crippen LogP contribution in [-0.2, 0) is 16.4 Å². The molecule has 0 aliphatic rings. The van der Waals surface area contributed by atoms with Crippen molar-refractivity contribution in [1.29, 1.82) is 0 Å². The molecule has 0 heterocycles. The zero-order valence-corrected chi connectivity index (χ0v) is 13.8. The summed E-state index contributed by atoms with van der Waals surface area (Å²) in [6.07, 6.45) is 4.65. The average Bonchev–Trinajstić information content (AvgIpc) is 2.40. The molecule has 0 bridgehead atoms. The molecule has 3 nitrogen and oxygen atoms in total. The van der Waals surface area contributed by atoms with E-state index in [1.165, 1.54) is 24.8 Å². The van der Waals surface area contributed by atoms with Crippen molar-refractivity contribution in [1.82, 2.24) is 0 Å². The lowest BCUT2D eigenvalue weighted by Gasteiger charge is -2.11. The molecular formula is C15H24ClNO2S. The summed E-state index contributed by atoms with van der Waals surface area (Å²) < 4.78 is 26.4. The lowest BCUT2D eigenvalue weighted by atomic mass is 10.1. The number of sulfonamides is 1. The van der Waals surface area contributed by atoms with E-state index in [0.29, 0.717) is 11.6 Å². The molecule has 1 unspecified atom stereocenters. The molecule has 1 rings (SSSR count). The van der Waals surface area contributed by atoms with Crippen molar-refractivity contribution in [3.05, 3.63) is 29.8 Å². The molecule has 20 heavy (non-hydrogen) atoms. The van der Waals surface area contributed by atoms with Crippen molar-refractivity contribution in [3.63, 3.8) is 0 Å². The third-order valence-electron chi connectivity index (χ3n) is 3.06. The summed E-state index contributed by atoms with van der Waals surface area (Å²) in [6.45, 7) is 4.00. The van der Waals surface area contributed by atoms with Crippen LogP contribution < -0.4 is 4.72 Å². The van der Waals surface area contributed by atoms with E-state index < -0.39 is 10.0 Å². The highest BCUT2D eigenvalue weighted by atomic mass is 35.5. The third-order valence-corrected chi connectivity index (χ3v) is 5.15. The van der Waals surface area contributed by atoms with E-state index in [1.807, 2.05) is 31.2 Å². The lowest BCUT2D eigenvalue weighted by molar-refractivity contribution is 0.588. The highest BCUT2D eigenvalue weighted by Crippen LogP contribution is 2.15. The molecule has 1 atom stereocenters. The number of alkyl halides is 1. The van der Waals surface area contributed by atoms with Gasteiger partial charge in [-0.1, -0.05) is 38.8 Å². The van der Waals surface area contributed by atoms with Gasteiger partial charge in [0.15, 0.2) is 0 Å². The van der Waals surface area contributed by atoms with Crippen molar-refractivity contribution >= 4 is 27.3 Å². The minimum absolute atomic E-state index is 0.0503. The normalized spacial score (nSPS) is 13.2. The van der Waals surface area contributed by atoms with Crippen LogP contribution in [0, 0.1) is 5.92 Å². The highest BCUT2D eigenvalue weighted by Gasteiger charge is 2.14. The number of unbranched alkanes of at least 4 members (excludes halogenated alkanes) is 2.